The van der Waals surface area contributed by atoms with Crippen LogP contribution >= 0.6 is 0 Å². The highest BCUT2D eigenvalue weighted by Crippen LogP contribution is 2.25. The first kappa shape index (κ1) is 20.1. The van der Waals surface area contributed by atoms with Gasteiger partial charge in [-0.3, -0.25) is 14.5 Å². The summed E-state index contributed by atoms with van der Waals surface area (Å²) in [5.41, 5.74) is 2.52. The summed E-state index contributed by atoms with van der Waals surface area (Å²) in [7, 11) is 1.89. The van der Waals surface area contributed by atoms with Crippen LogP contribution in [-0.4, -0.2) is 44.8 Å². The number of aromatic nitrogens is 4. The van der Waals surface area contributed by atoms with Crippen LogP contribution in [0.4, 0.5) is 5.82 Å². The quantitative estimate of drug-likeness (QED) is 0.506. The topological polar surface area (TPSA) is 94.0 Å². The van der Waals surface area contributed by atoms with Crippen LogP contribution in [0.3, 0.4) is 0 Å². The third kappa shape index (κ3) is 4.45. The van der Waals surface area contributed by atoms with Gasteiger partial charge in [-0.25, -0.2) is 4.98 Å². The fraction of sp³-hybridized carbons (Fsp3) is 0.250. The van der Waals surface area contributed by atoms with Crippen LogP contribution in [0.5, 0.6) is 5.75 Å². The standard InChI is InChI=1S/C24H24N6O2/c1-30-15-20(13-28-30)16-2-3-17-12-27-23(10-18(17)8-16)29-24(31)19-9-22(14-26-11-19)32-21-4-6-25-7-5-21/h2-3,8-15,21,25H,4-7H2,1H3,(H,27,29,31). The Bertz CT molecular complexity index is 1260. The number of anilines is 1. The molecule has 0 aliphatic carbocycles. The summed E-state index contributed by atoms with van der Waals surface area (Å²) in [6.07, 6.45) is 10.8. The molecule has 0 saturated carbocycles. The minimum Gasteiger partial charge on any atom is -0.489 e. The van der Waals surface area contributed by atoms with Crippen molar-refractivity contribution in [3.05, 3.63) is 66.9 Å². The molecule has 3 aromatic heterocycles. The number of benzene rings is 1. The lowest BCUT2D eigenvalue weighted by Gasteiger charge is -2.23. The molecule has 2 N–H and O–H groups in total. The van der Waals surface area contributed by atoms with E-state index in [4.69, 9.17) is 4.74 Å². The van der Waals surface area contributed by atoms with E-state index in [0.29, 0.717) is 17.1 Å². The summed E-state index contributed by atoms with van der Waals surface area (Å²) in [5.74, 6) is 0.816. The van der Waals surface area contributed by atoms with Gasteiger partial charge in [0.1, 0.15) is 17.7 Å². The SMILES string of the molecule is Cn1cc(-c2ccc3cnc(NC(=O)c4cncc(OC5CCNCC5)c4)cc3c2)cn1. The van der Waals surface area contributed by atoms with E-state index in [2.05, 4.69) is 31.8 Å². The molecular weight excluding hydrogens is 404 g/mol. The molecule has 4 aromatic rings. The summed E-state index contributed by atoms with van der Waals surface area (Å²) < 4.78 is 7.78. The van der Waals surface area contributed by atoms with Crippen LogP contribution in [0.1, 0.15) is 23.2 Å². The Balaban J connectivity index is 1.33. The number of pyridine rings is 2. The summed E-state index contributed by atoms with van der Waals surface area (Å²) in [6, 6.07) is 9.72. The van der Waals surface area contributed by atoms with Crippen molar-refractivity contribution in [3.63, 3.8) is 0 Å². The number of nitrogens with one attached hydrogen (secondary N) is 2. The average molecular weight is 428 g/mol. The van der Waals surface area contributed by atoms with Crippen molar-refractivity contribution in [2.45, 2.75) is 18.9 Å². The van der Waals surface area contributed by atoms with Crippen LogP contribution < -0.4 is 15.4 Å². The maximum absolute atomic E-state index is 12.8. The van der Waals surface area contributed by atoms with Crippen LogP contribution in [0.2, 0.25) is 0 Å². The molecule has 162 valence electrons. The number of ether oxygens (including phenoxy) is 1. The lowest BCUT2D eigenvalue weighted by molar-refractivity contribution is 0.102. The third-order valence-corrected chi connectivity index (χ3v) is 5.57. The van der Waals surface area contributed by atoms with E-state index in [1.54, 1.807) is 23.1 Å². The number of carbonyl (C=O) groups excluding carboxylic acids is 1. The zero-order chi connectivity index (χ0) is 21.9. The lowest BCUT2D eigenvalue weighted by atomic mass is 10.1. The smallest absolute Gasteiger partial charge is 0.258 e. The molecule has 1 amide bonds. The van der Waals surface area contributed by atoms with E-state index in [-0.39, 0.29) is 12.0 Å². The molecule has 1 aromatic carbocycles. The van der Waals surface area contributed by atoms with E-state index < -0.39 is 0 Å². The highest BCUT2D eigenvalue weighted by atomic mass is 16.5. The summed E-state index contributed by atoms with van der Waals surface area (Å²) >= 11 is 0. The number of fused-ring (bicyclic) bond motifs is 1. The second-order valence-electron chi connectivity index (χ2n) is 7.96. The number of piperidine rings is 1. The monoisotopic (exact) mass is 428 g/mol. The first-order chi connectivity index (χ1) is 15.6. The van der Waals surface area contributed by atoms with Gasteiger partial charge in [0.05, 0.1) is 18.0 Å². The van der Waals surface area contributed by atoms with Crippen molar-refractivity contribution in [2.24, 2.45) is 7.05 Å². The number of carbonyl (C=O) groups is 1. The molecule has 32 heavy (non-hydrogen) atoms. The zero-order valence-corrected chi connectivity index (χ0v) is 17.8. The largest absolute Gasteiger partial charge is 0.489 e. The normalized spacial score (nSPS) is 14.4. The Hall–Kier alpha value is -3.78. The van der Waals surface area contributed by atoms with Gasteiger partial charge in [0.15, 0.2) is 0 Å². The van der Waals surface area contributed by atoms with Crippen LogP contribution in [0.25, 0.3) is 21.9 Å². The van der Waals surface area contributed by atoms with Crippen molar-refractivity contribution >= 4 is 22.5 Å². The van der Waals surface area contributed by atoms with Gasteiger partial charge in [0.25, 0.3) is 5.91 Å². The molecule has 8 heteroatoms. The molecule has 0 atom stereocenters. The number of nitrogens with zero attached hydrogens (tertiary/aromatic N) is 4. The molecule has 1 saturated heterocycles. The fourth-order valence-electron chi connectivity index (χ4n) is 3.86. The first-order valence-corrected chi connectivity index (χ1v) is 10.7. The average Bonchev–Trinajstić information content (AvgIpc) is 3.26. The van der Waals surface area contributed by atoms with Crippen LogP contribution in [0.15, 0.2) is 61.3 Å². The number of hydrogen-bond acceptors (Lipinski definition) is 6. The van der Waals surface area contributed by atoms with Crippen molar-refractivity contribution in [1.82, 2.24) is 25.1 Å². The molecular formula is C24H24N6O2. The summed E-state index contributed by atoms with van der Waals surface area (Å²) in [4.78, 5) is 21.4. The molecule has 0 spiro atoms. The summed E-state index contributed by atoms with van der Waals surface area (Å²) in [6.45, 7) is 1.88. The Morgan fingerprint density at radius 1 is 1.06 bits per heavy atom. The Labute approximate surface area is 185 Å². The van der Waals surface area contributed by atoms with Gasteiger partial charge >= 0.3 is 0 Å². The predicted octanol–water partition coefficient (Wildman–Crippen LogP) is 3.41. The van der Waals surface area contributed by atoms with Gasteiger partial charge in [-0.1, -0.05) is 12.1 Å². The molecule has 5 rings (SSSR count). The highest BCUT2D eigenvalue weighted by Gasteiger charge is 2.16. The van der Waals surface area contributed by atoms with Crippen molar-refractivity contribution in [1.29, 1.82) is 0 Å². The molecule has 1 aliphatic heterocycles. The van der Waals surface area contributed by atoms with Gasteiger partial charge in [-0.15, -0.1) is 0 Å². The minimum atomic E-state index is -0.275. The van der Waals surface area contributed by atoms with Crippen molar-refractivity contribution in [3.8, 4) is 16.9 Å². The van der Waals surface area contributed by atoms with Crippen molar-refractivity contribution in [2.75, 3.05) is 18.4 Å². The molecule has 0 unspecified atom stereocenters. The maximum Gasteiger partial charge on any atom is 0.258 e. The van der Waals surface area contributed by atoms with E-state index in [9.17, 15) is 4.79 Å². The number of rotatable bonds is 5. The molecule has 1 aliphatic rings. The second kappa shape index (κ2) is 8.76. The Morgan fingerprint density at radius 2 is 1.94 bits per heavy atom. The van der Waals surface area contributed by atoms with E-state index in [0.717, 1.165) is 47.8 Å². The van der Waals surface area contributed by atoms with Gasteiger partial charge in [-0.2, -0.15) is 5.10 Å². The zero-order valence-electron chi connectivity index (χ0n) is 17.8. The summed E-state index contributed by atoms with van der Waals surface area (Å²) in [5, 5.41) is 12.4. The van der Waals surface area contributed by atoms with E-state index in [1.165, 1.54) is 6.20 Å². The fourth-order valence-corrected chi connectivity index (χ4v) is 3.86. The van der Waals surface area contributed by atoms with Gasteiger partial charge < -0.3 is 15.4 Å². The first-order valence-electron chi connectivity index (χ1n) is 10.7. The van der Waals surface area contributed by atoms with Crippen molar-refractivity contribution < 1.29 is 9.53 Å². The lowest BCUT2D eigenvalue weighted by Crippen LogP contribution is -2.34. The number of hydrogen-bond donors (Lipinski definition) is 2. The Morgan fingerprint density at radius 3 is 2.75 bits per heavy atom. The molecule has 4 heterocycles. The van der Waals surface area contributed by atoms with Gasteiger partial charge in [0, 0.05) is 36.6 Å². The van der Waals surface area contributed by atoms with E-state index in [1.807, 2.05) is 37.6 Å². The number of amides is 1. The van der Waals surface area contributed by atoms with Crippen LogP contribution in [0, 0.1) is 0 Å². The third-order valence-electron chi connectivity index (χ3n) is 5.57. The molecule has 0 radical (unpaired) electrons. The maximum atomic E-state index is 12.8. The van der Waals surface area contributed by atoms with Gasteiger partial charge in [0.2, 0.25) is 0 Å². The Kier molecular flexibility index (Phi) is 5.51. The van der Waals surface area contributed by atoms with E-state index >= 15 is 0 Å². The molecule has 0 bridgehead atoms. The number of aryl methyl sites for hydroxylation is 1. The minimum absolute atomic E-state index is 0.146. The van der Waals surface area contributed by atoms with Gasteiger partial charge in [-0.05, 0) is 55.1 Å². The predicted molar refractivity (Wildman–Crippen MR) is 123 cm³/mol. The molecule has 8 nitrogen and oxygen atoms in total. The molecule has 1 fully saturated rings. The highest BCUT2D eigenvalue weighted by molar-refractivity contribution is 6.04. The van der Waals surface area contributed by atoms with Crippen LogP contribution in [-0.2, 0) is 7.05 Å². The second-order valence-corrected chi connectivity index (χ2v) is 7.96.